The van der Waals surface area contributed by atoms with E-state index < -0.39 is 0 Å². The standard InChI is InChI=1S/C20H20N2O3S/c1-24-17-9-8-16(14-18(17)25-2)22-12-11-21-19(20(22)23)26-13-10-15-6-4-3-5-7-15/h3-9,11-12,14H,10,13H2,1-2H3. The predicted octanol–water partition coefficient (Wildman–Crippen LogP) is 3.58. The van der Waals surface area contributed by atoms with E-state index in [1.807, 2.05) is 24.3 Å². The highest BCUT2D eigenvalue weighted by atomic mass is 32.2. The third-order valence-corrected chi connectivity index (χ3v) is 4.89. The molecule has 0 saturated heterocycles. The molecule has 0 atom stereocenters. The predicted molar refractivity (Wildman–Crippen MR) is 104 cm³/mol. The molecule has 134 valence electrons. The van der Waals surface area contributed by atoms with Crippen molar-refractivity contribution in [2.75, 3.05) is 20.0 Å². The molecule has 0 radical (unpaired) electrons. The van der Waals surface area contributed by atoms with Crippen molar-refractivity contribution < 1.29 is 9.47 Å². The number of hydrogen-bond donors (Lipinski definition) is 0. The number of benzene rings is 2. The van der Waals surface area contributed by atoms with Crippen LogP contribution < -0.4 is 15.0 Å². The van der Waals surface area contributed by atoms with Gasteiger partial charge in [0.2, 0.25) is 0 Å². The van der Waals surface area contributed by atoms with Gasteiger partial charge in [0.15, 0.2) is 16.5 Å². The molecule has 5 nitrogen and oxygen atoms in total. The van der Waals surface area contributed by atoms with Crippen molar-refractivity contribution in [2.45, 2.75) is 11.4 Å². The molecule has 0 fully saturated rings. The largest absolute Gasteiger partial charge is 0.493 e. The Bertz CT molecular complexity index is 926. The van der Waals surface area contributed by atoms with Crippen LogP contribution in [0.5, 0.6) is 11.5 Å². The zero-order valence-electron chi connectivity index (χ0n) is 14.7. The van der Waals surface area contributed by atoms with Crippen LogP contribution in [0.1, 0.15) is 5.56 Å². The summed E-state index contributed by atoms with van der Waals surface area (Å²) in [5.74, 6) is 1.99. The van der Waals surface area contributed by atoms with Gasteiger partial charge < -0.3 is 9.47 Å². The molecule has 0 unspecified atom stereocenters. The summed E-state index contributed by atoms with van der Waals surface area (Å²) >= 11 is 1.47. The van der Waals surface area contributed by atoms with Crippen molar-refractivity contribution in [3.63, 3.8) is 0 Å². The molecule has 1 aromatic heterocycles. The Morgan fingerprint density at radius 3 is 2.54 bits per heavy atom. The first-order valence-corrected chi connectivity index (χ1v) is 9.18. The fourth-order valence-corrected chi connectivity index (χ4v) is 3.47. The average Bonchev–Trinajstić information content (AvgIpc) is 2.69. The Balaban J connectivity index is 1.80. The second-order valence-corrected chi connectivity index (χ2v) is 6.61. The van der Waals surface area contributed by atoms with Crippen LogP contribution in [0.2, 0.25) is 0 Å². The molecule has 6 heteroatoms. The summed E-state index contributed by atoms with van der Waals surface area (Å²) in [6, 6.07) is 15.6. The highest BCUT2D eigenvalue weighted by Gasteiger charge is 2.10. The second-order valence-electron chi connectivity index (χ2n) is 5.53. The highest BCUT2D eigenvalue weighted by molar-refractivity contribution is 7.99. The minimum absolute atomic E-state index is 0.141. The van der Waals surface area contributed by atoms with E-state index >= 15 is 0 Å². The van der Waals surface area contributed by atoms with E-state index in [1.165, 1.54) is 17.3 Å². The van der Waals surface area contributed by atoms with Gasteiger partial charge in [0.1, 0.15) is 0 Å². The van der Waals surface area contributed by atoms with Crippen LogP contribution >= 0.6 is 11.8 Å². The normalized spacial score (nSPS) is 10.5. The van der Waals surface area contributed by atoms with E-state index in [4.69, 9.17) is 9.47 Å². The van der Waals surface area contributed by atoms with Crippen LogP contribution in [0.4, 0.5) is 0 Å². The molecule has 0 N–H and O–H groups in total. The van der Waals surface area contributed by atoms with Gasteiger partial charge in [-0.05, 0) is 24.1 Å². The monoisotopic (exact) mass is 368 g/mol. The van der Waals surface area contributed by atoms with Gasteiger partial charge in [0, 0.05) is 24.2 Å². The van der Waals surface area contributed by atoms with Gasteiger partial charge in [-0.25, -0.2) is 4.98 Å². The molecule has 26 heavy (non-hydrogen) atoms. The fraction of sp³-hybridized carbons (Fsp3) is 0.200. The molecule has 1 heterocycles. The zero-order valence-corrected chi connectivity index (χ0v) is 15.5. The number of hydrogen-bond acceptors (Lipinski definition) is 5. The molecular formula is C20H20N2O3S. The van der Waals surface area contributed by atoms with Gasteiger partial charge in [0.25, 0.3) is 5.56 Å². The third-order valence-electron chi connectivity index (χ3n) is 3.93. The van der Waals surface area contributed by atoms with E-state index in [1.54, 1.807) is 43.3 Å². The number of nitrogens with zero attached hydrogens (tertiary/aromatic N) is 2. The number of methoxy groups -OCH3 is 2. The van der Waals surface area contributed by atoms with Crippen molar-refractivity contribution in [1.82, 2.24) is 9.55 Å². The van der Waals surface area contributed by atoms with E-state index in [-0.39, 0.29) is 5.56 Å². The Morgan fingerprint density at radius 2 is 1.81 bits per heavy atom. The number of rotatable bonds is 7. The third kappa shape index (κ3) is 4.08. The summed E-state index contributed by atoms with van der Waals surface area (Å²) in [6.07, 6.45) is 4.19. The van der Waals surface area contributed by atoms with E-state index in [0.29, 0.717) is 22.2 Å². The van der Waals surface area contributed by atoms with Crippen molar-refractivity contribution in [1.29, 1.82) is 0 Å². The smallest absolute Gasteiger partial charge is 0.287 e. The average molecular weight is 368 g/mol. The van der Waals surface area contributed by atoms with Crippen molar-refractivity contribution in [2.24, 2.45) is 0 Å². The first-order valence-electron chi connectivity index (χ1n) is 8.19. The summed E-state index contributed by atoms with van der Waals surface area (Å²) < 4.78 is 12.1. The molecule has 3 aromatic rings. The SMILES string of the molecule is COc1ccc(-n2ccnc(SCCc3ccccc3)c2=O)cc1OC. The van der Waals surface area contributed by atoms with Gasteiger partial charge in [-0.3, -0.25) is 9.36 Å². The summed E-state index contributed by atoms with van der Waals surface area (Å²) in [7, 11) is 3.15. The van der Waals surface area contributed by atoms with Crippen LogP contribution in [0.15, 0.2) is 70.7 Å². The van der Waals surface area contributed by atoms with Crippen molar-refractivity contribution in [3.05, 3.63) is 76.8 Å². The fourth-order valence-electron chi connectivity index (χ4n) is 2.58. The number of thioether (sulfide) groups is 1. The Labute approximate surface area is 156 Å². The maximum absolute atomic E-state index is 12.8. The van der Waals surface area contributed by atoms with Crippen LogP contribution in [-0.4, -0.2) is 29.5 Å². The highest BCUT2D eigenvalue weighted by Crippen LogP contribution is 2.28. The molecule has 0 saturated carbocycles. The molecular weight excluding hydrogens is 348 g/mol. The van der Waals surface area contributed by atoms with Crippen molar-refractivity contribution >= 4 is 11.8 Å². The van der Waals surface area contributed by atoms with Crippen molar-refractivity contribution in [3.8, 4) is 17.2 Å². The molecule has 0 spiro atoms. The Kier molecular flexibility index (Phi) is 5.96. The van der Waals surface area contributed by atoms with E-state index in [0.717, 1.165) is 12.2 Å². The lowest BCUT2D eigenvalue weighted by Gasteiger charge is -2.11. The summed E-state index contributed by atoms with van der Waals surface area (Å²) in [5, 5.41) is 0.484. The van der Waals surface area contributed by atoms with Crippen LogP contribution in [0.25, 0.3) is 5.69 Å². The van der Waals surface area contributed by atoms with Gasteiger partial charge in [-0.2, -0.15) is 0 Å². The van der Waals surface area contributed by atoms with Gasteiger partial charge in [-0.1, -0.05) is 30.3 Å². The first-order chi connectivity index (χ1) is 12.7. The van der Waals surface area contributed by atoms with Crippen LogP contribution in [0.3, 0.4) is 0 Å². The summed E-state index contributed by atoms with van der Waals surface area (Å²) in [5.41, 5.74) is 1.81. The lowest BCUT2D eigenvalue weighted by Crippen LogP contribution is -2.20. The lowest BCUT2D eigenvalue weighted by molar-refractivity contribution is 0.355. The molecule has 0 aliphatic heterocycles. The molecule has 0 aliphatic carbocycles. The number of ether oxygens (including phenoxy) is 2. The van der Waals surface area contributed by atoms with Gasteiger partial charge in [0.05, 0.1) is 19.9 Å². The number of aromatic nitrogens is 2. The van der Waals surface area contributed by atoms with E-state index in [9.17, 15) is 4.79 Å². The molecule has 2 aromatic carbocycles. The molecule has 0 amide bonds. The Morgan fingerprint density at radius 1 is 1.04 bits per heavy atom. The van der Waals surface area contributed by atoms with Gasteiger partial charge in [-0.15, -0.1) is 11.8 Å². The van der Waals surface area contributed by atoms with Crippen LogP contribution in [-0.2, 0) is 6.42 Å². The summed E-state index contributed by atoms with van der Waals surface area (Å²) in [4.78, 5) is 17.0. The van der Waals surface area contributed by atoms with Gasteiger partial charge >= 0.3 is 0 Å². The maximum Gasteiger partial charge on any atom is 0.287 e. The lowest BCUT2D eigenvalue weighted by atomic mass is 10.2. The maximum atomic E-state index is 12.8. The second kappa shape index (κ2) is 8.58. The summed E-state index contributed by atoms with van der Waals surface area (Å²) in [6.45, 7) is 0. The van der Waals surface area contributed by atoms with E-state index in [2.05, 4.69) is 17.1 Å². The Hall–Kier alpha value is -2.73. The minimum Gasteiger partial charge on any atom is -0.493 e. The molecule has 0 aliphatic rings. The topological polar surface area (TPSA) is 53.4 Å². The first kappa shape index (κ1) is 18.1. The molecule has 3 rings (SSSR count). The zero-order chi connectivity index (χ0) is 18.4. The van der Waals surface area contributed by atoms with Crippen LogP contribution in [0, 0.1) is 0 Å². The quantitative estimate of drug-likeness (QED) is 0.597. The minimum atomic E-state index is -0.141. The molecule has 0 bridgehead atoms. The number of aryl methyl sites for hydroxylation is 1.